The Labute approximate surface area is 151 Å². The SMILES string of the molecule is CC(C)c1ccc(Oc2ccccc2C=NN=C2NC(=O)CS2)cc1. The van der Waals surface area contributed by atoms with Gasteiger partial charge < -0.3 is 10.1 Å². The van der Waals surface area contributed by atoms with Crippen LogP contribution in [0.5, 0.6) is 11.5 Å². The molecule has 0 radical (unpaired) electrons. The molecule has 6 heteroatoms. The van der Waals surface area contributed by atoms with Crippen molar-refractivity contribution in [2.75, 3.05) is 5.75 Å². The zero-order chi connectivity index (χ0) is 17.6. The fourth-order valence-electron chi connectivity index (χ4n) is 2.25. The second kappa shape index (κ2) is 7.98. The Bertz CT molecular complexity index is 814. The Morgan fingerprint density at radius 2 is 1.92 bits per heavy atom. The van der Waals surface area contributed by atoms with Crippen LogP contribution < -0.4 is 10.1 Å². The van der Waals surface area contributed by atoms with Crippen LogP contribution in [-0.2, 0) is 4.79 Å². The minimum Gasteiger partial charge on any atom is -0.457 e. The van der Waals surface area contributed by atoms with Crippen molar-refractivity contribution in [1.82, 2.24) is 5.32 Å². The van der Waals surface area contributed by atoms with Crippen LogP contribution in [0.4, 0.5) is 0 Å². The lowest BCUT2D eigenvalue weighted by atomic mass is 10.0. The molecule has 1 saturated heterocycles. The van der Waals surface area contributed by atoms with Gasteiger partial charge >= 0.3 is 0 Å². The molecule has 0 bridgehead atoms. The van der Waals surface area contributed by atoms with Gasteiger partial charge in [-0.1, -0.05) is 49.9 Å². The van der Waals surface area contributed by atoms with Gasteiger partial charge in [0.2, 0.25) is 5.91 Å². The molecule has 3 rings (SSSR count). The molecular weight excluding hydrogens is 334 g/mol. The Hall–Kier alpha value is -2.60. The average Bonchev–Trinajstić information content (AvgIpc) is 3.02. The molecule has 1 heterocycles. The molecule has 0 aliphatic carbocycles. The minimum atomic E-state index is -0.0486. The fraction of sp³-hybridized carbons (Fsp3) is 0.211. The lowest BCUT2D eigenvalue weighted by Gasteiger charge is -2.10. The number of hydrogen-bond acceptors (Lipinski definition) is 5. The number of hydrogen-bond donors (Lipinski definition) is 1. The minimum absolute atomic E-state index is 0.0486. The molecule has 128 valence electrons. The lowest BCUT2D eigenvalue weighted by molar-refractivity contribution is -0.116. The molecule has 0 atom stereocenters. The van der Waals surface area contributed by atoms with Gasteiger partial charge in [0, 0.05) is 5.56 Å². The molecule has 1 aliphatic rings. The predicted molar refractivity (Wildman–Crippen MR) is 103 cm³/mol. The molecule has 1 aliphatic heterocycles. The van der Waals surface area contributed by atoms with Gasteiger partial charge in [-0.05, 0) is 35.7 Å². The first-order chi connectivity index (χ1) is 12.1. The first-order valence-electron chi connectivity index (χ1n) is 8.02. The number of amides is 1. The Balaban J connectivity index is 1.73. The Kier molecular flexibility index (Phi) is 5.50. The highest BCUT2D eigenvalue weighted by molar-refractivity contribution is 8.15. The van der Waals surface area contributed by atoms with Crippen molar-refractivity contribution in [3.8, 4) is 11.5 Å². The number of rotatable bonds is 5. The van der Waals surface area contributed by atoms with Crippen LogP contribution >= 0.6 is 11.8 Å². The first-order valence-corrected chi connectivity index (χ1v) is 9.01. The third-order valence-corrected chi connectivity index (χ3v) is 4.49. The van der Waals surface area contributed by atoms with E-state index in [-0.39, 0.29) is 5.91 Å². The monoisotopic (exact) mass is 353 g/mol. The van der Waals surface area contributed by atoms with Crippen molar-refractivity contribution in [3.63, 3.8) is 0 Å². The first kappa shape index (κ1) is 17.2. The van der Waals surface area contributed by atoms with Crippen molar-refractivity contribution in [3.05, 3.63) is 59.7 Å². The van der Waals surface area contributed by atoms with Gasteiger partial charge in [0.15, 0.2) is 5.17 Å². The van der Waals surface area contributed by atoms with E-state index in [1.54, 1.807) is 6.21 Å². The summed E-state index contributed by atoms with van der Waals surface area (Å²) in [6, 6.07) is 15.7. The molecule has 5 nitrogen and oxygen atoms in total. The summed E-state index contributed by atoms with van der Waals surface area (Å²) >= 11 is 1.34. The van der Waals surface area contributed by atoms with Crippen molar-refractivity contribution in [1.29, 1.82) is 0 Å². The van der Waals surface area contributed by atoms with E-state index in [1.165, 1.54) is 17.3 Å². The summed E-state index contributed by atoms with van der Waals surface area (Å²) < 4.78 is 5.97. The maximum Gasteiger partial charge on any atom is 0.236 e. The smallest absolute Gasteiger partial charge is 0.236 e. The van der Waals surface area contributed by atoms with E-state index in [9.17, 15) is 4.79 Å². The van der Waals surface area contributed by atoms with Crippen LogP contribution in [0.2, 0.25) is 0 Å². The molecule has 1 N–H and O–H groups in total. The maximum absolute atomic E-state index is 11.1. The summed E-state index contributed by atoms with van der Waals surface area (Å²) in [5.41, 5.74) is 2.09. The van der Waals surface area contributed by atoms with Crippen LogP contribution in [0.15, 0.2) is 58.7 Å². The molecule has 0 unspecified atom stereocenters. The summed E-state index contributed by atoms with van der Waals surface area (Å²) in [5, 5.41) is 11.2. The number of carbonyl (C=O) groups is 1. The normalized spacial score (nSPS) is 16.0. The van der Waals surface area contributed by atoms with E-state index in [2.05, 4.69) is 41.5 Å². The number of nitrogens with one attached hydrogen (secondary N) is 1. The Morgan fingerprint density at radius 3 is 2.60 bits per heavy atom. The highest BCUT2D eigenvalue weighted by Crippen LogP contribution is 2.26. The summed E-state index contributed by atoms with van der Waals surface area (Å²) in [4.78, 5) is 11.1. The zero-order valence-electron chi connectivity index (χ0n) is 14.1. The van der Waals surface area contributed by atoms with Crippen LogP contribution in [0.1, 0.15) is 30.9 Å². The van der Waals surface area contributed by atoms with Gasteiger partial charge in [-0.25, -0.2) is 0 Å². The van der Waals surface area contributed by atoms with E-state index < -0.39 is 0 Å². The number of benzene rings is 2. The quantitative estimate of drug-likeness (QED) is 0.648. The van der Waals surface area contributed by atoms with Gasteiger partial charge in [-0.3, -0.25) is 4.79 Å². The predicted octanol–water partition coefficient (Wildman–Crippen LogP) is 4.16. The highest BCUT2D eigenvalue weighted by Gasteiger charge is 2.16. The van der Waals surface area contributed by atoms with Gasteiger partial charge in [0.25, 0.3) is 0 Å². The van der Waals surface area contributed by atoms with E-state index in [1.807, 2.05) is 36.4 Å². The molecule has 0 aromatic heterocycles. The summed E-state index contributed by atoms with van der Waals surface area (Å²) in [7, 11) is 0. The number of carbonyl (C=O) groups excluding carboxylic acids is 1. The van der Waals surface area contributed by atoms with Crippen molar-refractivity contribution in [2.24, 2.45) is 10.2 Å². The van der Waals surface area contributed by atoms with Gasteiger partial charge in [-0.15, -0.1) is 5.10 Å². The van der Waals surface area contributed by atoms with Crippen molar-refractivity contribution in [2.45, 2.75) is 19.8 Å². The van der Waals surface area contributed by atoms with Crippen LogP contribution in [0, 0.1) is 0 Å². The second-order valence-corrected chi connectivity index (χ2v) is 6.81. The number of thioether (sulfide) groups is 1. The Morgan fingerprint density at radius 1 is 1.16 bits per heavy atom. The van der Waals surface area contributed by atoms with Crippen LogP contribution in [0.25, 0.3) is 0 Å². The summed E-state index contributed by atoms with van der Waals surface area (Å²) in [6.45, 7) is 4.32. The molecule has 1 amide bonds. The third-order valence-electron chi connectivity index (χ3n) is 3.63. The lowest BCUT2D eigenvalue weighted by Crippen LogP contribution is -2.19. The largest absolute Gasteiger partial charge is 0.457 e. The van der Waals surface area contributed by atoms with Crippen LogP contribution in [0.3, 0.4) is 0 Å². The third kappa shape index (κ3) is 4.70. The molecule has 2 aromatic carbocycles. The molecular formula is C19H19N3O2S. The van der Waals surface area contributed by atoms with Crippen molar-refractivity contribution >= 4 is 29.1 Å². The number of para-hydroxylation sites is 1. The highest BCUT2D eigenvalue weighted by atomic mass is 32.2. The molecule has 25 heavy (non-hydrogen) atoms. The standard InChI is InChI=1S/C19H19N3O2S/c1-13(2)14-7-9-16(10-8-14)24-17-6-4-3-5-15(17)11-20-22-19-21-18(23)12-25-19/h3-11,13H,12H2,1-2H3,(H,21,22,23). The zero-order valence-corrected chi connectivity index (χ0v) is 14.9. The number of amidine groups is 1. The summed E-state index contributed by atoms with van der Waals surface area (Å²) in [5.74, 6) is 2.30. The number of nitrogens with zero attached hydrogens (tertiary/aromatic N) is 2. The summed E-state index contributed by atoms with van der Waals surface area (Å²) in [6.07, 6.45) is 1.62. The molecule has 2 aromatic rings. The van der Waals surface area contributed by atoms with Gasteiger partial charge in [0.1, 0.15) is 11.5 Å². The average molecular weight is 353 g/mol. The second-order valence-electron chi connectivity index (χ2n) is 5.85. The van der Waals surface area contributed by atoms with Crippen molar-refractivity contribution < 1.29 is 9.53 Å². The van der Waals surface area contributed by atoms with Gasteiger partial charge in [-0.2, -0.15) is 5.10 Å². The van der Waals surface area contributed by atoms with E-state index in [0.29, 0.717) is 22.6 Å². The molecule has 0 spiro atoms. The van der Waals surface area contributed by atoms with Gasteiger partial charge in [0.05, 0.1) is 12.0 Å². The van der Waals surface area contributed by atoms with E-state index in [0.717, 1.165) is 11.3 Å². The number of ether oxygens (including phenoxy) is 1. The van der Waals surface area contributed by atoms with Crippen LogP contribution in [-0.4, -0.2) is 23.0 Å². The molecule has 1 fully saturated rings. The fourth-order valence-corrected chi connectivity index (χ4v) is 2.88. The van der Waals surface area contributed by atoms with E-state index in [4.69, 9.17) is 4.74 Å². The molecule has 0 saturated carbocycles. The van der Waals surface area contributed by atoms with E-state index >= 15 is 0 Å². The topological polar surface area (TPSA) is 63.1 Å². The maximum atomic E-state index is 11.1.